The number of nitrogens with zero attached hydrogens (tertiary/aromatic N) is 2. The van der Waals surface area contributed by atoms with Gasteiger partial charge in [0.05, 0.1) is 10.9 Å². The summed E-state index contributed by atoms with van der Waals surface area (Å²) in [6, 6.07) is 1.33. The second kappa shape index (κ2) is 3.46. The Morgan fingerprint density at radius 1 is 1.40 bits per heavy atom. The van der Waals surface area contributed by atoms with Crippen molar-refractivity contribution in [3.05, 3.63) is 30.0 Å². The molecule has 1 aromatic carbocycles. The lowest BCUT2D eigenvalue weighted by Gasteiger charge is -2.11. The van der Waals surface area contributed by atoms with Crippen molar-refractivity contribution in [2.75, 3.05) is 0 Å². The van der Waals surface area contributed by atoms with Gasteiger partial charge >= 0.3 is 0 Å². The van der Waals surface area contributed by atoms with Crippen LogP contribution in [0, 0.1) is 5.82 Å². The van der Waals surface area contributed by atoms with Crippen LogP contribution in [0.1, 0.15) is 25.3 Å². The first-order valence-electron chi connectivity index (χ1n) is 4.72. The fourth-order valence-electron chi connectivity index (χ4n) is 1.64. The molecule has 0 atom stereocenters. The maximum atomic E-state index is 13.6. The highest BCUT2D eigenvalue weighted by atomic mass is 19.1. The number of hydrogen-bond acceptors (Lipinski definition) is 3. The second-order valence-electron chi connectivity index (χ2n) is 3.73. The molecule has 78 valence electrons. The van der Waals surface area contributed by atoms with Gasteiger partial charge in [0.15, 0.2) is 0 Å². The minimum Gasteiger partial charge on any atom is -0.507 e. The molecule has 2 aromatic rings. The van der Waals surface area contributed by atoms with Crippen LogP contribution in [0.5, 0.6) is 5.75 Å². The monoisotopic (exact) mass is 206 g/mol. The molecule has 0 aliphatic rings. The molecule has 1 aromatic heterocycles. The summed E-state index contributed by atoms with van der Waals surface area (Å²) in [4.78, 5) is 7.70. The number of aromatic nitrogens is 2. The Labute approximate surface area is 86.6 Å². The first-order chi connectivity index (χ1) is 7.11. The highest BCUT2D eigenvalue weighted by Gasteiger charge is 2.16. The summed E-state index contributed by atoms with van der Waals surface area (Å²) in [5.41, 5.74) is 0.738. The van der Waals surface area contributed by atoms with Crippen molar-refractivity contribution in [1.82, 2.24) is 9.97 Å². The normalized spacial score (nSPS) is 11.2. The molecule has 0 amide bonds. The van der Waals surface area contributed by atoms with Gasteiger partial charge in [-0.2, -0.15) is 0 Å². The molecule has 15 heavy (non-hydrogen) atoms. The van der Waals surface area contributed by atoms with Crippen LogP contribution < -0.4 is 0 Å². The Hall–Kier alpha value is -1.71. The highest BCUT2D eigenvalue weighted by Crippen LogP contribution is 2.34. The summed E-state index contributed by atoms with van der Waals surface area (Å²) >= 11 is 0. The van der Waals surface area contributed by atoms with E-state index in [0.717, 1.165) is 0 Å². The first kappa shape index (κ1) is 9.83. The van der Waals surface area contributed by atoms with Crippen molar-refractivity contribution < 1.29 is 9.50 Å². The minimum atomic E-state index is -0.422. The van der Waals surface area contributed by atoms with Gasteiger partial charge in [-0.15, -0.1) is 0 Å². The smallest absolute Gasteiger partial charge is 0.132 e. The van der Waals surface area contributed by atoms with Gasteiger partial charge in [0.1, 0.15) is 17.9 Å². The predicted octanol–water partition coefficient (Wildman–Crippen LogP) is 2.60. The van der Waals surface area contributed by atoms with Crippen LogP contribution in [-0.2, 0) is 0 Å². The van der Waals surface area contributed by atoms with Crippen LogP contribution in [0.15, 0.2) is 18.6 Å². The van der Waals surface area contributed by atoms with E-state index in [-0.39, 0.29) is 11.7 Å². The van der Waals surface area contributed by atoms with E-state index in [0.29, 0.717) is 16.5 Å². The van der Waals surface area contributed by atoms with Gasteiger partial charge in [-0.1, -0.05) is 13.8 Å². The van der Waals surface area contributed by atoms with Crippen molar-refractivity contribution in [2.24, 2.45) is 0 Å². The third kappa shape index (κ3) is 1.52. The number of phenolic OH excluding ortho intramolecular Hbond substituents is 1. The fourth-order valence-corrected chi connectivity index (χ4v) is 1.64. The van der Waals surface area contributed by atoms with Gasteiger partial charge in [0, 0.05) is 17.8 Å². The van der Waals surface area contributed by atoms with Gasteiger partial charge < -0.3 is 5.11 Å². The van der Waals surface area contributed by atoms with Crippen LogP contribution in [0.25, 0.3) is 10.9 Å². The van der Waals surface area contributed by atoms with Crippen molar-refractivity contribution in [3.63, 3.8) is 0 Å². The number of halogens is 1. The molecule has 3 nitrogen and oxygen atoms in total. The summed E-state index contributed by atoms with van der Waals surface area (Å²) in [7, 11) is 0. The summed E-state index contributed by atoms with van der Waals surface area (Å²) in [5, 5.41) is 10.4. The molecule has 0 aliphatic carbocycles. The molecule has 0 fully saturated rings. The highest BCUT2D eigenvalue weighted by molar-refractivity contribution is 5.85. The van der Waals surface area contributed by atoms with Crippen LogP contribution in [0.2, 0.25) is 0 Å². The maximum absolute atomic E-state index is 13.6. The van der Waals surface area contributed by atoms with Crippen LogP contribution in [0.3, 0.4) is 0 Å². The van der Waals surface area contributed by atoms with Crippen LogP contribution >= 0.6 is 0 Å². The van der Waals surface area contributed by atoms with E-state index in [9.17, 15) is 9.50 Å². The van der Waals surface area contributed by atoms with Gasteiger partial charge in [-0.05, 0) is 5.92 Å². The molecule has 0 spiro atoms. The minimum absolute atomic E-state index is 0.0550. The zero-order chi connectivity index (χ0) is 11.0. The second-order valence-corrected chi connectivity index (χ2v) is 3.73. The lowest BCUT2D eigenvalue weighted by atomic mass is 9.99. The van der Waals surface area contributed by atoms with Gasteiger partial charge in [-0.3, -0.25) is 0 Å². The summed E-state index contributed by atoms with van der Waals surface area (Å²) < 4.78 is 13.6. The average Bonchev–Trinajstić information content (AvgIpc) is 2.17. The predicted molar refractivity (Wildman–Crippen MR) is 55.2 cm³/mol. The number of benzene rings is 1. The number of rotatable bonds is 1. The molecule has 0 bridgehead atoms. The molecule has 0 saturated carbocycles. The summed E-state index contributed by atoms with van der Waals surface area (Å²) in [5.74, 6) is -0.552. The van der Waals surface area contributed by atoms with Crippen LogP contribution in [-0.4, -0.2) is 15.1 Å². The molecular weight excluding hydrogens is 195 g/mol. The molecule has 0 saturated heterocycles. The molecule has 4 heteroatoms. The van der Waals surface area contributed by atoms with E-state index in [1.54, 1.807) is 0 Å². The molecule has 2 rings (SSSR count). The van der Waals surface area contributed by atoms with Crippen molar-refractivity contribution in [2.45, 2.75) is 19.8 Å². The van der Waals surface area contributed by atoms with Crippen LogP contribution in [0.4, 0.5) is 4.39 Å². The lowest BCUT2D eigenvalue weighted by molar-refractivity contribution is 0.460. The number of fused-ring (bicyclic) bond motifs is 1. The Morgan fingerprint density at radius 3 is 2.80 bits per heavy atom. The number of hydrogen-bond donors (Lipinski definition) is 1. The molecular formula is C11H11FN2O. The molecule has 0 unspecified atom stereocenters. The van der Waals surface area contributed by atoms with E-state index in [2.05, 4.69) is 9.97 Å². The van der Waals surface area contributed by atoms with Crippen molar-refractivity contribution in [1.29, 1.82) is 0 Å². The largest absolute Gasteiger partial charge is 0.507 e. The zero-order valence-corrected chi connectivity index (χ0v) is 8.53. The van der Waals surface area contributed by atoms with E-state index in [1.165, 1.54) is 18.6 Å². The average molecular weight is 206 g/mol. The van der Waals surface area contributed by atoms with E-state index >= 15 is 0 Å². The standard InChI is InChI=1S/C11H11FN2O/c1-6(2)10-8(12)3-9-7(11(10)15)4-13-5-14-9/h3-6,15H,1-2H3. The van der Waals surface area contributed by atoms with E-state index < -0.39 is 5.82 Å². The molecule has 0 aliphatic heterocycles. The molecule has 1 heterocycles. The Kier molecular flexibility index (Phi) is 2.26. The quantitative estimate of drug-likeness (QED) is 0.780. The van der Waals surface area contributed by atoms with E-state index in [4.69, 9.17) is 0 Å². The fraction of sp³-hybridized carbons (Fsp3) is 0.273. The summed E-state index contributed by atoms with van der Waals surface area (Å²) in [6.45, 7) is 3.65. The first-order valence-corrected chi connectivity index (χ1v) is 4.72. The SMILES string of the molecule is CC(C)c1c(F)cc2ncncc2c1O. The maximum Gasteiger partial charge on any atom is 0.132 e. The molecule has 1 N–H and O–H groups in total. The Bertz CT molecular complexity index is 511. The summed E-state index contributed by atoms with van der Waals surface area (Å²) in [6.07, 6.45) is 2.82. The lowest BCUT2D eigenvalue weighted by Crippen LogP contribution is -1.96. The zero-order valence-electron chi connectivity index (χ0n) is 8.53. The Balaban J connectivity index is 2.84. The van der Waals surface area contributed by atoms with Crippen molar-refractivity contribution >= 4 is 10.9 Å². The third-order valence-electron chi connectivity index (χ3n) is 2.35. The van der Waals surface area contributed by atoms with E-state index in [1.807, 2.05) is 13.8 Å². The topological polar surface area (TPSA) is 46.0 Å². The number of aromatic hydroxyl groups is 1. The van der Waals surface area contributed by atoms with Gasteiger partial charge in [0.25, 0.3) is 0 Å². The van der Waals surface area contributed by atoms with Crippen molar-refractivity contribution in [3.8, 4) is 5.75 Å². The van der Waals surface area contributed by atoms with Gasteiger partial charge in [0.2, 0.25) is 0 Å². The molecule has 0 radical (unpaired) electrons. The number of phenols is 1. The van der Waals surface area contributed by atoms with Gasteiger partial charge in [-0.25, -0.2) is 14.4 Å². The third-order valence-corrected chi connectivity index (χ3v) is 2.35. The Morgan fingerprint density at radius 2 is 2.13 bits per heavy atom.